The molecule has 0 aliphatic carbocycles. The zero-order chi connectivity index (χ0) is 20.2. The summed E-state index contributed by atoms with van der Waals surface area (Å²) >= 11 is 18.3. The molecule has 0 N–H and O–H groups in total. The molecule has 0 heterocycles. The number of unbranched alkanes of at least 4 members (excludes halogenated alkanes) is 1. The zero-order valence-corrected chi connectivity index (χ0v) is 21.1. The molecule has 0 amide bonds. The minimum Gasteiger partial charge on any atom is -0.108 e. The summed E-state index contributed by atoms with van der Waals surface area (Å²) in [6.45, 7) is 4.44. The SMILES string of the molecule is CC(SC(=S)SCCCCSC(=S)SC(C)c1ccccc1)c1ccccc1. The molecule has 28 heavy (non-hydrogen) atoms. The molecule has 2 atom stereocenters. The predicted molar refractivity (Wildman–Crippen MR) is 144 cm³/mol. The van der Waals surface area contributed by atoms with Crippen LogP contribution < -0.4 is 0 Å². The summed E-state index contributed by atoms with van der Waals surface area (Å²) in [5.41, 5.74) is 2.67. The van der Waals surface area contributed by atoms with Gasteiger partial charge >= 0.3 is 0 Å². The molecule has 150 valence electrons. The first kappa shape index (κ1) is 24.3. The van der Waals surface area contributed by atoms with Gasteiger partial charge < -0.3 is 0 Å². The predicted octanol–water partition coefficient (Wildman–Crippen LogP) is 8.79. The molecule has 6 heteroatoms. The van der Waals surface area contributed by atoms with Crippen molar-refractivity contribution in [3.63, 3.8) is 0 Å². The molecular formula is C22H26S6. The molecule has 2 aromatic carbocycles. The van der Waals surface area contributed by atoms with Gasteiger partial charge in [-0.3, -0.25) is 0 Å². The molecule has 0 bridgehead atoms. The molecule has 0 saturated carbocycles. The third-order valence-electron chi connectivity index (χ3n) is 4.06. The lowest BCUT2D eigenvalue weighted by atomic mass is 10.2. The average molecular weight is 483 g/mol. The van der Waals surface area contributed by atoms with Gasteiger partial charge in [-0.05, 0) is 49.3 Å². The van der Waals surface area contributed by atoms with E-state index < -0.39 is 0 Å². The van der Waals surface area contributed by atoms with Crippen molar-refractivity contribution < 1.29 is 0 Å². The molecule has 0 saturated heterocycles. The Morgan fingerprint density at radius 2 is 1.04 bits per heavy atom. The average Bonchev–Trinajstić information content (AvgIpc) is 2.71. The smallest absolute Gasteiger partial charge is 0.104 e. The highest BCUT2D eigenvalue weighted by atomic mass is 32.2. The van der Waals surface area contributed by atoms with E-state index >= 15 is 0 Å². The maximum absolute atomic E-state index is 5.54. The van der Waals surface area contributed by atoms with Crippen molar-refractivity contribution in [3.8, 4) is 0 Å². The molecule has 0 aromatic heterocycles. The van der Waals surface area contributed by atoms with Crippen LogP contribution in [0.1, 0.15) is 48.3 Å². The minimum absolute atomic E-state index is 0.415. The number of thioether (sulfide) groups is 4. The lowest BCUT2D eigenvalue weighted by Crippen LogP contribution is -1.94. The second-order valence-electron chi connectivity index (χ2n) is 6.25. The molecule has 2 aromatic rings. The summed E-state index contributed by atoms with van der Waals surface area (Å²) in [4.78, 5) is 0. The Labute approximate surface area is 197 Å². The Balaban J connectivity index is 1.53. The highest BCUT2D eigenvalue weighted by Gasteiger charge is 2.10. The molecule has 0 spiro atoms. The van der Waals surface area contributed by atoms with Crippen LogP contribution in [0.15, 0.2) is 60.7 Å². The lowest BCUT2D eigenvalue weighted by molar-refractivity contribution is 0.911. The molecule has 0 nitrogen and oxygen atoms in total. The van der Waals surface area contributed by atoms with Gasteiger partial charge in [0.25, 0.3) is 0 Å². The first-order valence-corrected chi connectivity index (χ1v) is 13.9. The molecule has 2 rings (SSSR count). The van der Waals surface area contributed by atoms with E-state index in [9.17, 15) is 0 Å². The highest BCUT2D eigenvalue weighted by Crippen LogP contribution is 2.34. The van der Waals surface area contributed by atoms with E-state index in [0.29, 0.717) is 10.5 Å². The van der Waals surface area contributed by atoms with Crippen LogP contribution in [-0.4, -0.2) is 18.6 Å². The van der Waals surface area contributed by atoms with Gasteiger partial charge in [0.2, 0.25) is 0 Å². The first-order chi connectivity index (χ1) is 13.6. The molecule has 0 radical (unpaired) electrons. The Morgan fingerprint density at radius 3 is 1.39 bits per heavy atom. The summed E-state index contributed by atoms with van der Waals surface area (Å²) in [7, 11) is 0. The van der Waals surface area contributed by atoms with Crippen molar-refractivity contribution in [2.45, 2.75) is 37.2 Å². The van der Waals surface area contributed by atoms with E-state index in [-0.39, 0.29) is 0 Å². The first-order valence-electron chi connectivity index (χ1n) is 9.33. The van der Waals surface area contributed by atoms with Crippen LogP contribution in [-0.2, 0) is 0 Å². The largest absolute Gasteiger partial charge is 0.108 e. The van der Waals surface area contributed by atoms with Crippen LogP contribution in [0.3, 0.4) is 0 Å². The van der Waals surface area contributed by atoms with E-state index in [4.69, 9.17) is 24.4 Å². The van der Waals surface area contributed by atoms with Crippen LogP contribution in [0.25, 0.3) is 0 Å². The van der Waals surface area contributed by atoms with E-state index in [1.54, 1.807) is 23.5 Å². The van der Waals surface area contributed by atoms with Gasteiger partial charge in [0, 0.05) is 10.5 Å². The highest BCUT2D eigenvalue weighted by molar-refractivity contribution is 8.47. The molecular weight excluding hydrogens is 457 g/mol. The fraction of sp³-hybridized carbons (Fsp3) is 0.364. The van der Waals surface area contributed by atoms with Gasteiger partial charge in [-0.1, -0.05) is 109 Å². The summed E-state index contributed by atoms with van der Waals surface area (Å²) in [5.74, 6) is 2.18. The number of benzene rings is 2. The van der Waals surface area contributed by atoms with Crippen molar-refractivity contribution in [1.29, 1.82) is 0 Å². The standard InChI is InChI=1S/C22H26S6/c1-17(19-11-5-3-6-12-19)27-21(23)25-15-9-10-16-26-22(24)28-18(2)20-13-7-4-8-14-20/h3-8,11-14,17-18H,9-10,15-16H2,1-2H3. The molecule has 0 aliphatic rings. The van der Waals surface area contributed by atoms with E-state index in [1.165, 1.54) is 24.0 Å². The maximum atomic E-state index is 5.54. The van der Waals surface area contributed by atoms with Crippen LogP contribution in [0.2, 0.25) is 0 Å². The van der Waals surface area contributed by atoms with Crippen molar-refractivity contribution in [1.82, 2.24) is 0 Å². The second-order valence-corrected chi connectivity index (χ2v) is 13.5. The van der Waals surface area contributed by atoms with E-state index in [2.05, 4.69) is 74.5 Å². The van der Waals surface area contributed by atoms with E-state index in [0.717, 1.165) is 18.6 Å². The summed E-state index contributed by atoms with van der Waals surface area (Å²) < 4.78 is 2.10. The van der Waals surface area contributed by atoms with Crippen LogP contribution in [0.4, 0.5) is 0 Å². The molecule has 2 unspecified atom stereocenters. The van der Waals surface area contributed by atoms with Crippen LogP contribution in [0, 0.1) is 0 Å². The number of thiocarbonyl (C=S) groups is 2. The Morgan fingerprint density at radius 1 is 0.679 bits per heavy atom. The fourth-order valence-corrected chi connectivity index (χ4v) is 7.93. The quantitative estimate of drug-likeness (QED) is 0.257. The third kappa shape index (κ3) is 9.68. The number of hydrogen-bond acceptors (Lipinski definition) is 6. The van der Waals surface area contributed by atoms with Gasteiger partial charge in [-0.25, -0.2) is 0 Å². The summed E-state index contributed by atoms with van der Waals surface area (Å²) in [5, 5.41) is 0.829. The van der Waals surface area contributed by atoms with Gasteiger partial charge in [0.15, 0.2) is 0 Å². The van der Waals surface area contributed by atoms with Gasteiger partial charge in [-0.15, -0.1) is 23.5 Å². The fourth-order valence-electron chi connectivity index (χ4n) is 2.46. The molecule has 0 fully saturated rings. The van der Waals surface area contributed by atoms with Gasteiger partial charge in [0.1, 0.15) is 7.06 Å². The van der Waals surface area contributed by atoms with Crippen molar-refractivity contribution >= 4 is 78.5 Å². The van der Waals surface area contributed by atoms with Crippen LogP contribution in [0.5, 0.6) is 0 Å². The second kappa shape index (κ2) is 14.1. The topological polar surface area (TPSA) is 0 Å². The number of hydrogen-bond donors (Lipinski definition) is 0. The number of rotatable bonds is 9. The Hall–Kier alpha value is 0.0200. The van der Waals surface area contributed by atoms with E-state index in [1.807, 2.05) is 23.5 Å². The lowest BCUT2D eigenvalue weighted by Gasteiger charge is -2.12. The van der Waals surface area contributed by atoms with Gasteiger partial charge in [-0.2, -0.15) is 0 Å². The van der Waals surface area contributed by atoms with Crippen molar-refractivity contribution in [2.24, 2.45) is 0 Å². The third-order valence-corrected chi connectivity index (χ3v) is 9.72. The monoisotopic (exact) mass is 482 g/mol. The maximum Gasteiger partial charge on any atom is 0.104 e. The Bertz CT molecular complexity index is 653. The Kier molecular flexibility index (Phi) is 12.2. The van der Waals surface area contributed by atoms with Crippen molar-refractivity contribution in [2.75, 3.05) is 11.5 Å². The summed E-state index contributed by atoms with van der Waals surface area (Å²) in [6.07, 6.45) is 2.36. The van der Waals surface area contributed by atoms with Gasteiger partial charge in [0.05, 0.1) is 0 Å². The molecule has 0 aliphatic heterocycles. The van der Waals surface area contributed by atoms with Crippen molar-refractivity contribution in [3.05, 3.63) is 71.8 Å². The van der Waals surface area contributed by atoms with Crippen LogP contribution >= 0.6 is 71.5 Å². The summed E-state index contributed by atoms with van der Waals surface area (Å²) in [6, 6.07) is 21.1. The zero-order valence-electron chi connectivity index (χ0n) is 16.2. The minimum atomic E-state index is 0.415. The normalized spacial score (nSPS) is 13.1.